The van der Waals surface area contributed by atoms with E-state index in [-0.39, 0.29) is 23.5 Å². The second kappa shape index (κ2) is 3.87. The lowest BCUT2D eigenvalue weighted by molar-refractivity contribution is -0.173. The summed E-state index contributed by atoms with van der Waals surface area (Å²) >= 11 is 0. The van der Waals surface area contributed by atoms with Crippen LogP contribution in [0.4, 0.5) is 4.79 Å². The van der Waals surface area contributed by atoms with Gasteiger partial charge in [0, 0.05) is 38.0 Å². The van der Waals surface area contributed by atoms with Gasteiger partial charge in [-0.15, -0.1) is 0 Å². The van der Waals surface area contributed by atoms with Crippen molar-refractivity contribution in [3.8, 4) is 0 Å². The first-order chi connectivity index (χ1) is 8.15. The average molecular weight is 254 g/mol. The summed E-state index contributed by atoms with van der Waals surface area (Å²) in [6.07, 6.45) is -0.249. The molecule has 0 bridgehead atoms. The molecule has 1 spiro atoms. The van der Waals surface area contributed by atoms with E-state index in [0.717, 1.165) is 6.54 Å². The Kier molecular flexibility index (Phi) is 2.83. The SMILES string of the molecule is CC(=O)N1CC2(CN(C(=O)OC(C)(C)C)C2)C1C. The minimum Gasteiger partial charge on any atom is -0.444 e. The zero-order valence-electron chi connectivity index (χ0n) is 11.8. The van der Waals surface area contributed by atoms with E-state index in [1.165, 1.54) is 0 Å². The van der Waals surface area contributed by atoms with Crippen LogP contribution in [-0.2, 0) is 9.53 Å². The van der Waals surface area contributed by atoms with Crippen LogP contribution in [0.3, 0.4) is 0 Å². The van der Waals surface area contributed by atoms with Crippen LogP contribution < -0.4 is 0 Å². The quantitative estimate of drug-likeness (QED) is 0.658. The molecule has 0 aromatic carbocycles. The van der Waals surface area contributed by atoms with Gasteiger partial charge < -0.3 is 14.5 Å². The van der Waals surface area contributed by atoms with E-state index in [4.69, 9.17) is 4.74 Å². The molecule has 2 aliphatic rings. The third-order valence-corrected chi connectivity index (χ3v) is 3.91. The molecule has 1 atom stereocenters. The van der Waals surface area contributed by atoms with Gasteiger partial charge in [-0.1, -0.05) is 0 Å². The fourth-order valence-corrected chi connectivity index (χ4v) is 2.74. The fraction of sp³-hybridized carbons (Fsp3) is 0.846. The molecular weight excluding hydrogens is 232 g/mol. The van der Waals surface area contributed by atoms with E-state index in [9.17, 15) is 9.59 Å². The number of hydrogen-bond donors (Lipinski definition) is 0. The van der Waals surface area contributed by atoms with Crippen LogP contribution >= 0.6 is 0 Å². The first kappa shape index (κ1) is 13.2. The second-order valence-electron chi connectivity index (χ2n) is 6.52. The molecule has 5 heteroatoms. The molecule has 2 aliphatic heterocycles. The largest absolute Gasteiger partial charge is 0.444 e. The lowest BCUT2D eigenvalue weighted by atomic mass is 9.66. The number of carbonyl (C=O) groups is 2. The Morgan fingerprint density at radius 2 is 1.78 bits per heavy atom. The molecule has 0 aromatic heterocycles. The van der Waals surface area contributed by atoms with E-state index >= 15 is 0 Å². The van der Waals surface area contributed by atoms with Crippen LogP contribution in [0.15, 0.2) is 0 Å². The van der Waals surface area contributed by atoms with Gasteiger partial charge in [-0.25, -0.2) is 4.79 Å². The summed E-state index contributed by atoms with van der Waals surface area (Å²) in [7, 11) is 0. The third-order valence-electron chi connectivity index (χ3n) is 3.91. The molecule has 0 radical (unpaired) electrons. The van der Waals surface area contributed by atoms with Gasteiger partial charge in [0.1, 0.15) is 5.60 Å². The average Bonchev–Trinajstić information content (AvgIpc) is 2.09. The van der Waals surface area contributed by atoms with Crippen LogP contribution in [0.25, 0.3) is 0 Å². The molecule has 0 N–H and O–H groups in total. The minimum absolute atomic E-state index is 0.114. The van der Waals surface area contributed by atoms with Gasteiger partial charge in [0.15, 0.2) is 0 Å². The molecule has 2 saturated heterocycles. The van der Waals surface area contributed by atoms with Gasteiger partial charge in [0.2, 0.25) is 5.91 Å². The van der Waals surface area contributed by atoms with E-state index < -0.39 is 5.60 Å². The summed E-state index contributed by atoms with van der Waals surface area (Å²) in [6.45, 7) is 11.4. The normalized spacial score (nSPS) is 25.5. The Balaban J connectivity index is 1.85. The number of amides is 2. The molecule has 102 valence electrons. The highest BCUT2D eigenvalue weighted by atomic mass is 16.6. The number of rotatable bonds is 0. The fourth-order valence-electron chi connectivity index (χ4n) is 2.74. The molecule has 0 aromatic rings. The number of nitrogens with zero attached hydrogens (tertiary/aromatic N) is 2. The predicted molar refractivity (Wildman–Crippen MR) is 67.1 cm³/mol. The van der Waals surface area contributed by atoms with Crippen molar-refractivity contribution in [2.24, 2.45) is 5.41 Å². The van der Waals surface area contributed by atoms with Gasteiger partial charge in [0.05, 0.1) is 0 Å². The van der Waals surface area contributed by atoms with E-state index in [1.54, 1.807) is 11.8 Å². The maximum atomic E-state index is 11.8. The standard InChI is InChI=1S/C13H22N2O3/c1-9-13(8-15(9)10(2)16)6-14(7-13)11(17)18-12(3,4)5/h9H,6-8H2,1-5H3. The van der Waals surface area contributed by atoms with Crippen molar-refractivity contribution < 1.29 is 14.3 Å². The van der Waals surface area contributed by atoms with Crippen molar-refractivity contribution in [1.29, 1.82) is 0 Å². The summed E-state index contributed by atoms with van der Waals surface area (Å²) in [5, 5.41) is 0. The van der Waals surface area contributed by atoms with Crippen molar-refractivity contribution in [3.05, 3.63) is 0 Å². The van der Waals surface area contributed by atoms with Gasteiger partial charge in [-0.05, 0) is 27.7 Å². The van der Waals surface area contributed by atoms with Crippen molar-refractivity contribution >= 4 is 12.0 Å². The summed E-state index contributed by atoms with van der Waals surface area (Å²) < 4.78 is 5.32. The van der Waals surface area contributed by atoms with Crippen molar-refractivity contribution in [1.82, 2.24) is 9.80 Å². The Labute approximate surface area is 108 Å². The maximum Gasteiger partial charge on any atom is 0.410 e. The zero-order chi connectivity index (χ0) is 13.7. The Hall–Kier alpha value is -1.26. The van der Waals surface area contributed by atoms with Crippen LogP contribution in [0, 0.1) is 5.41 Å². The zero-order valence-corrected chi connectivity index (χ0v) is 11.8. The summed E-state index contributed by atoms with van der Waals surface area (Å²) in [4.78, 5) is 26.7. The predicted octanol–water partition coefficient (Wildman–Crippen LogP) is 1.47. The monoisotopic (exact) mass is 254 g/mol. The van der Waals surface area contributed by atoms with Gasteiger partial charge in [-0.2, -0.15) is 0 Å². The third kappa shape index (κ3) is 2.06. The molecule has 2 amide bonds. The van der Waals surface area contributed by atoms with Gasteiger partial charge in [0.25, 0.3) is 0 Å². The Morgan fingerprint density at radius 1 is 1.22 bits per heavy atom. The van der Waals surface area contributed by atoms with E-state index in [0.29, 0.717) is 13.1 Å². The number of carbonyl (C=O) groups excluding carboxylic acids is 2. The van der Waals surface area contributed by atoms with E-state index in [1.807, 2.05) is 25.7 Å². The first-order valence-corrected chi connectivity index (χ1v) is 6.40. The summed E-state index contributed by atoms with van der Waals surface area (Å²) in [5.74, 6) is 0.115. The molecule has 1 unspecified atom stereocenters. The molecule has 2 heterocycles. The van der Waals surface area contributed by atoms with Crippen molar-refractivity contribution in [3.63, 3.8) is 0 Å². The summed E-state index contributed by atoms with van der Waals surface area (Å²) in [6, 6.07) is 0.230. The summed E-state index contributed by atoms with van der Waals surface area (Å²) in [5.41, 5.74) is -0.334. The molecule has 18 heavy (non-hydrogen) atoms. The molecule has 5 nitrogen and oxygen atoms in total. The van der Waals surface area contributed by atoms with Crippen molar-refractivity contribution in [2.45, 2.75) is 46.3 Å². The Bertz CT molecular complexity index is 380. The minimum atomic E-state index is -0.448. The molecule has 2 fully saturated rings. The number of ether oxygens (including phenoxy) is 1. The lowest BCUT2D eigenvalue weighted by Crippen LogP contribution is -2.77. The van der Waals surface area contributed by atoms with Crippen LogP contribution in [0.2, 0.25) is 0 Å². The van der Waals surface area contributed by atoms with Crippen molar-refractivity contribution in [2.75, 3.05) is 19.6 Å². The molecular formula is C13H22N2O3. The second-order valence-corrected chi connectivity index (χ2v) is 6.52. The number of hydrogen-bond acceptors (Lipinski definition) is 3. The van der Waals surface area contributed by atoms with Crippen LogP contribution in [0.1, 0.15) is 34.6 Å². The van der Waals surface area contributed by atoms with Gasteiger partial charge in [-0.3, -0.25) is 4.79 Å². The number of likely N-dealkylation sites (tertiary alicyclic amines) is 2. The van der Waals surface area contributed by atoms with Crippen LogP contribution in [0.5, 0.6) is 0 Å². The smallest absolute Gasteiger partial charge is 0.410 e. The first-order valence-electron chi connectivity index (χ1n) is 6.40. The highest BCUT2D eigenvalue weighted by molar-refractivity contribution is 5.76. The maximum absolute atomic E-state index is 11.8. The molecule has 0 saturated carbocycles. The van der Waals surface area contributed by atoms with Crippen LogP contribution in [-0.4, -0.2) is 53.1 Å². The molecule has 2 rings (SSSR count). The molecule has 0 aliphatic carbocycles. The lowest BCUT2D eigenvalue weighted by Gasteiger charge is -2.64. The highest BCUT2D eigenvalue weighted by Crippen LogP contribution is 2.45. The topological polar surface area (TPSA) is 49.9 Å². The Morgan fingerprint density at radius 3 is 2.17 bits per heavy atom. The van der Waals surface area contributed by atoms with Gasteiger partial charge >= 0.3 is 6.09 Å². The van der Waals surface area contributed by atoms with E-state index in [2.05, 4.69) is 6.92 Å². The highest BCUT2D eigenvalue weighted by Gasteiger charge is 2.59.